The molecule has 1 aliphatic rings. The Kier molecular flexibility index (Phi) is 3.57. The average Bonchev–Trinajstić information content (AvgIpc) is 2.61. The Morgan fingerprint density at radius 1 is 1.16 bits per heavy atom. The van der Waals surface area contributed by atoms with Crippen LogP contribution in [0, 0.1) is 11.8 Å². The number of fused-ring (bicyclic) bond motifs is 2. The molecule has 25 heavy (non-hydrogen) atoms. The average molecular weight is 337 g/mol. The topological polar surface area (TPSA) is 47.8 Å². The van der Waals surface area contributed by atoms with E-state index in [-0.39, 0.29) is 12.8 Å². The number of halogens is 2. The van der Waals surface area contributed by atoms with Gasteiger partial charge in [0.25, 0.3) is 11.5 Å². The molecule has 0 bridgehead atoms. The van der Waals surface area contributed by atoms with Crippen LogP contribution in [0.1, 0.15) is 23.5 Å². The van der Waals surface area contributed by atoms with Crippen molar-refractivity contribution in [2.75, 3.05) is 0 Å². The lowest BCUT2D eigenvalue weighted by Crippen LogP contribution is -2.38. The number of rotatable bonds is 0. The molecule has 0 amide bonds. The first-order valence-electron chi connectivity index (χ1n) is 7.86. The van der Waals surface area contributed by atoms with Crippen LogP contribution in [0.15, 0.2) is 47.4 Å². The highest BCUT2D eigenvalue weighted by atomic mass is 19.3. The molecule has 2 aromatic heterocycles. The van der Waals surface area contributed by atoms with Crippen molar-refractivity contribution < 1.29 is 8.78 Å². The smallest absolute Gasteiger partial charge is 0.266 e. The van der Waals surface area contributed by atoms with Crippen molar-refractivity contribution >= 4 is 10.9 Å². The third-order valence-corrected chi connectivity index (χ3v) is 4.14. The summed E-state index contributed by atoms with van der Waals surface area (Å²) in [5.41, 5.74) is 1.39. The van der Waals surface area contributed by atoms with Gasteiger partial charge < -0.3 is 0 Å². The van der Waals surface area contributed by atoms with Gasteiger partial charge in [0.05, 0.1) is 17.4 Å². The highest BCUT2D eigenvalue weighted by Crippen LogP contribution is 2.27. The maximum atomic E-state index is 13.6. The first-order valence-corrected chi connectivity index (χ1v) is 7.86. The van der Waals surface area contributed by atoms with Crippen molar-refractivity contribution in [2.45, 2.75) is 25.3 Å². The van der Waals surface area contributed by atoms with Gasteiger partial charge in [0, 0.05) is 24.6 Å². The number of nitrogens with zero attached hydrogens (tertiary/aromatic N) is 3. The fraction of sp³-hybridized carbons (Fsp3) is 0.211. The lowest BCUT2D eigenvalue weighted by molar-refractivity contribution is -0.0363. The molecule has 0 unspecified atom stereocenters. The molecule has 124 valence electrons. The number of hydrogen-bond acceptors (Lipinski definition) is 3. The van der Waals surface area contributed by atoms with Gasteiger partial charge in [-0.2, -0.15) is 0 Å². The summed E-state index contributed by atoms with van der Waals surface area (Å²) in [5.74, 6) is 3.47. The summed E-state index contributed by atoms with van der Waals surface area (Å²) in [7, 11) is 0. The molecule has 0 saturated heterocycles. The minimum absolute atomic E-state index is 0.0853. The zero-order valence-electron chi connectivity index (χ0n) is 13.2. The molecule has 3 heterocycles. The number of pyridine rings is 1. The van der Waals surface area contributed by atoms with Crippen LogP contribution < -0.4 is 5.56 Å². The van der Waals surface area contributed by atoms with E-state index in [9.17, 15) is 13.6 Å². The second kappa shape index (κ2) is 5.78. The lowest BCUT2D eigenvalue weighted by atomic mass is 10.1. The molecule has 4 nitrogen and oxygen atoms in total. The van der Waals surface area contributed by atoms with Crippen LogP contribution in [0.3, 0.4) is 0 Å². The zero-order valence-corrected chi connectivity index (χ0v) is 13.2. The fourth-order valence-electron chi connectivity index (χ4n) is 2.88. The normalized spacial score (nSPS) is 15.3. The maximum absolute atomic E-state index is 13.6. The Morgan fingerprint density at radius 3 is 2.84 bits per heavy atom. The van der Waals surface area contributed by atoms with E-state index in [1.807, 2.05) is 12.1 Å². The monoisotopic (exact) mass is 337 g/mol. The number of hydrogen-bond donors (Lipinski definition) is 0. The van der Waals surface area contributed by atoms with Crippen LogP contribution in [0.25, 0.3) is 10.9 Å². The van der Waals surface area contributed by atoms with Crippen molar-refractivity contribution in [2.24, 2.45) is 0 Å². The molecule has 0 fully saturated rings. The number of aromatic nitrogens is 3. The Bertz CT molecular complexity index is 1080. The summed E-state index contributed by atoms with van der Waals surface area (Å²) in [6, 6.07) is 10.4. The van der Waals surface area contributed by atoms with Crippen LogP contribution in [0.2, 0.25) is 0 Å². The van der Waals surface area contributed by atoms with E-state index in [0.717, 1.165) is 4.57 Å². The summed E-state index contributed by atoms with van der Waals surface area (Å²) >= 11 is 0. The molecule has 1 aliphatic heterocycles. The number of aryl methyl sites for hydroxylation is 1. The van der Waals surface area contributed by atoms with E-state index in [4.69, 9.17) is 0 Å². The van der Waals surface area contributed by atoms with Gasteiger partial charge in [-0.1, -0.05) is 12.0 Å². The molecule has 1 aromatic carbocycles. The Hall–Kier alpha value is -3.07. The van der Waals surface area contributed by atoms with Gasteiger partial charge in [-0.3, -0.25) is 9.36 Å². The largest absolute Gasteiger partial charge is 0.290 e. The van der Waals surface area contributed by atoms with E-state index in [1.165, 1.54) is 0 Å². The summed E-state index contributed by atoms with van der Waals surface area (Å²) in [6.45, 7) is -0.606. The molecule has 0 saturated carbocycles. The summed E-state index contributed by atoms with van der Waals surface area (Å²) in [5, 5.41) is 0.324. The quantitative estimate of drug-likeness (QED) is 0.593. The Labute approximate surface area is 142 Å². The van der Waals surface area contributed by atoms with Crippen molar-refractivity contribution in [1.29, 1.82) is 0 Å². The van der Waals surface area contributed by atoms with Crippen LogP contribution >= 0.6 is 0 Å². The molecule has 0 spiro atoms. The SMILES string of the molecule is O=c1c2ccc(C#Cc3ccccn3)cc2nc2n1CC(F)(F)CC2. The van der Waals surface area contributed by atoms with E-state index in [2.05, 4.69) is 21.8 Å². The van der Waals surface area contributed by atoms with Gasteiger partial charge in [-0.05, 0) is 36.3 Å². The number of alkyl halides is 2. The van der Waals surface area contributed by atoms with Gasteiger partial charge >= 0.3 is 0 Å². The van der Waals surface area contributed by atoms with E-state index >= 15 is 0 Å². The zero-order chi connectivity index (χ0) is 17.4. The van der Waals surface area contributed by atoms with Crippen LogP contribution in [-0.2, 0) is 13.0 Å². The van der Waals surface area contributed by atoms with E-state index in [1.54, 1.807) is 30.5 Å². The molecule has 0 N–H and O–H groups in total. The van der Waals surface area contributed by atoms with Crippen LogP contribution in [0.5, 0.6) is 0 Å². The summed E-state index contributed by atoms with van der Waals surface area (Å²) in [6.07, 6.45) is 1.46. The predicted molar refractivity (Wildman–Crippen MR) is 89.5 cm³/mol. The highest BCUT2D eigenvalue weighted by Gasteiger charge is 2.35. The maximum Gasteiger partial charge on any atom is 0.266 e. The van der Waals surface area contributed by atoms with Crippen molar-refractivity contribution in [3.05, 3.63) is 70.0 Å². The predicted octanol–water partition coefficient (Wildman–Crippen LogP) is 2.77. The van der Waals surface area contributed by atoms with Gasteiger partial charge in [0.2, 0.25) is 0 Å². The van der Waals surface area contributed by atoms with Crippen LogP contribution in [-0.4, -0.2) is 20.5 Å². The first kappa shape index (κ1) is 15.5. The third kappa shape index (κ3) is 3.01. The highest BCUT2D eigenvalue weighted by molar-refractivity contribution is 5.79. The summed E-state index contributed by atoms with van der Waals surface area (Å²) in [4.78, 5) is 21.0. The van der Waals surface area contributed by atoms with Crippen molar-refractivity contribution in [1.82, 2.24) is 14.5 Å². The molecular formula is C19H13F2N3O. The van der Waals surface area contributed by atoms with Gasteiger partial charge in [0.1, 0.15) is 11.5 Å². The molecule has 6 heteroatoms. The first-order chi connectivity index (χ1) is 12.0. The minimum atomic E-state index is -2.86. The van der Waals surface area contributed by atoms with Crippen molar-refractivity contribution in [3.63, 3.8) is 0 Å². The second-order valence-electron chi connectivity index (χ2n) is 5.97. The van der Waals surface area contributed by atoms with E-state index < -0.39 is 18.0 Å². The fourth-order valence-corrected chi connectivity index (χ4v) is 2.88. The molecule has 0 aliphatic carbocycles. The molecule has 4 rings (SSSR count). The molecule has 0 atom stereocenters. The second-order valence-corrected chi connectivity index (χ2v) is 5.97. The van der Waals surface area contributed by atoms with Crippen molar-refractivity contribution in [3.8, 4) is 11.8 Å². The molecule has 0 radical (unpaired) electrons. The summed E-state index contributed by atoms with van der Waals surface area (Å²) < 4.78 is 28.2. The van der Waals surface area contributed by atoms with Gasteiger partial charge in [-0.15, -0.1) is 0 Å². The Morgan fingerprint density at radius 2 is 2.04 bits per heavy atom. The standard InChI is InChI=1S/C19H13F2N3O/c20-19(21)9-8-17-23-16-11-13(4-6-14-3-1-2-10-22-14)5-7-15(16)18(25)24(17)12-19/h1-3,5,7,10-11H,8-9,12H2. The Balaban J connectivity index is 1.78. The van der Waals surface area contributed by atoms with Gasteiger partial charge in [-0.25, -0.2) is 18.7 Å². The number of benzene rings is 1. The minimum Gasteiger partial charge on any atom is -0.290 e. The lowest BCUT2D eigenvalue weighted by Gasteiger charge is -2.25. The molecule has 3 aromatic rings. The molecular weight excluding hydrogens is 324 g/mol. The third-order valence-electron chi connectivity index (χ3n) is 4.14. The van der Waals surface area contributed by atoms with Crippen LogP contribution in [0.4, 0.5) is 8.78 Å². The van der Waals surface area contributed by atoms with E-state index in [0.29, 0.717) is 28.0 Å². The van der Waals surface area contributed by atoms with Gasteiger partial charge in [0.15, 0.2) is 0 Å².